The van der Waals surface area contributed by atoms with Gasteiger partial charge in [-0.3, -0.25) is 4.79 Å². The molecular formula is C15H17NO. The Hall–Kier alpha value is -1.83. The maximum absolute atomic E-state index is 11.8. The lowest BCUT2D eigenvalue weighted by Gasteiger charge is -2.15. The lowest BCUT2D eigenvalue weighted by molar-refractivity contribution is 0.101. The van der Waals surface area contributed by atoms with Crippen molar-refractivity contribution in [2.45, 2.75) is 27.7 Å². The standard InChI is InChI=1S/C15H17NO/c1-10-9-14(16-7-5-6-8-16)12(3)15(11(10)2)13(4)17/h5-9H,1-4H3. The molecule has 88 valence electrons. The van der Waals surface area contributed by atoms with Crippen LogP contribution in [0.1, 0.15) is 34.0 Å². The Balaban J connectivity index is 2.75. The number of benzene rings is 1. The molecule has 0 saturated carbocycles. The van der Waals surface area contributed by atoms with Gasteiger partial charge in [-0.15, -0.1) is 0 Å². The molecule has 0 N–H and O–H groups in total. The summed E-state index contributed by atoms with van der Waals surface area (Å²) in [5.41, 5.74) is 5.24. The SMILES string of the molecule is CC(=O)c1c(C)c(C)cc(-n2cccc2)c1C. The number of hydrogen-bond acceptors (Lipinski definition) is 1. The highest BCUT2D eigenvalue weighted by Gasteiger charge is 2.14. The van der Waals surface area contributed by atoms with E-state index in [1.807, 2.05) is 49.9 Å². The molecular weight excluding hydrogens is 210 g/mol. The number of aryl methyl sites for hydroxylation is 1. The van der Waals surface area contributed by atoms with Crippen LogP contribution in [0.15, 0.2) is 30.6 Å². The van der Waals surface area contributed by atoms with E-state index in [0.29, 0.717) is 0 Å². The zero-order valence-corrected chi connectivity index (χ0v) is 10.7. The van der Waals surface area contributed by atoms with Crippen molar-refractivity contribution >= 4 is 5.78 Å². The minimum Gasteiger partial charge on any atom is -0.324 e. The van der Waals surface area contributed by atoms with Crippen LogP contribution in [0.4, 0.5) is 0 Å². The average molecular weight is 227 g/mol. The summed E-state index contributed by atoms with van der Waals surface area (Å²) in [6.45, 7) is 7.71. The number of carbonyl (C=O) groups excluding carboxylic acids is 1. The zero-order valence-electron chi connectivity index (χ0n) is 10.7. The summed E-state index contributed by atoms with van der Waals surface area (Å²) in [5.74, 6) is 0.136. The third-order valence-electron chi connectivity index (χ3n) is 3.31. The minimum absolute atomic E-state index is 0.136. The maximum atomic E-state index is 11.8. The predicted octanol–water partition coefficient (Wildman–Crippen LogP) is 3.61. The summed E-state index contributed by atoms with van der Waals surface area (Å²) >= 11 is 0. The average Bonchev–Trinajstić information content (AvgIpc) is 2.76. The van der Waals surface area contributed by atoms with Gasteiger partial charge in [-0.2, -0.15) is 0 Å². The van der Waals surface area contributed by atoms with Crippen molar-refractivity contribution in [3.63, 3.8) is 0 Å². The van der Waals surface area contributed by atoms with E-state index in [2.05, 4.69) is 6.07 Å². The first-order valence-corrected chi connectivity index (χ1v) is 5.77. The van der Waals surface area contributed by atoms with E-state index < -0.39 is 0 Å². The normalized spacial score (nSPS) is 10.6. The van der Waals surface area contributed by atoms with Crippen LogP contribution in [0.3, 0.4) is 0 Å². The molecule has 1 aromatic heterocycles. The van der Waals surface area contributed by atoms with Gasteiger partial charge in [-0.1, -0.05) is 0 Å². The number of Topliss-reactive ketones (excluding diaryl/α,β-unsaturated/α-hetero) is 1. The van der Waals surface area contributed by atoms with E-state index in [1.54, 1.807) is 6.92 Å². The van der Waals surface area contributed by atoms with E-state index in [1.165, 1.54) is 0 Å². The van der Waals surface area contributed by atoms with Gasteiger partial charge in [0, 0.05) is 23.6 Å². The number of carbonyl (C=O) groups is 1. The summed E-state index contributed by atoms with van der Waals surface area (Å²) in [6, 6.07) is 6.11. The summed E-state index contributed by atoms with van der Waals surface area (Å²) in [7, 11) is 0. The zero-order chi connectivity index (χ0) is 12.6. The van der Waals surface area contributed by atoms with Crippen molar-refractivity contribution in [3.8, 4) is 5.69 Å². The molecule has 0 aliphatic rings. The van der Waals surface area contributed by atoms with Crippen LogP contribution in [0.5, 0.6) is 0 Å². The van der Waals surface area contributed by atoms with Crippen molar-refractivity contribution in [2.24, 2.45) is 0 Å². The van der Waals surface area contributed by atoms with Crippen molar-refractivity contribution in [1.82, 2.24) is 4.57 Å². The van der Waals surface area contributed by atoms with E-state index >= 15 is 0 Å². The first-order chi connectivity index (χ1) is 8.02. The van der Waals surface area contributed by atoms with Gasteiger partial charge >= 0.3 is 0 Å². The third-order valence-corrected chi connectivity index (χ3v) is 3.31. The molecule has 0 fully saturated rings. The molecule has 2 aromatic rings. The molecule has 17 heavy (non-hydrogen) atoms. The summed E-state index contributed by atoms with van der Waals surface area (Å²) in [4.78, 5) is 11.8. The van der Waals surface area contributed by atoms with Gasteiger partial charge < -0.3 is 4.57 Å². The van der Waals surface area contributed by atoms with Gasteiger partial charge in [0.05, 0.1) is 0 Å². The highest BCUT2D eigenvalue weighted by atomic mass is 16.1. The number of aromatic nitrogens is 1. The second kappa shape index (κ2) is 4.21. The van der Waals surface area contributed by atoms with Crippen LogP contribution in [-0.2, 0) is 0 Å². The number of nitrogens with zero attached hydrogens (tertiary/aromatic N) is 1. The Kier molecular flexibility index (Phi) is 2.88. The third kappa shape index (κ3) is 1.91. The number of hydrogen-bond donors (Lipinski definition) is 0. The summed E-state index contributed by atoms with van der Waals surface area (Å²) < 4.78 is 2.05. The van der Waals surface area contributed by atoms with E-state index in [9.17, 15) is 4.79 Å². The molecule has 0 radical (unpaired) electrons. The van der Waals surface area contributed by atoms with Gasteiger partial charge in [0.25, 0.3) is 0 Å². The largest absolute Gasteiger partial charge is 0.324 e. The molecule has 1 aromatic carbocycles. The molecule has 0 atom stereocenters. The van der Waals surface area contributed by atoms with Crippen LogP contribution in [-0.4, -0.2) is 10.4 Å². The smallest absolute Gasteiger partial charge is 0.160 e. The lowest BCUT2D eigenvalue weighted by Crippen LogP contribution is -2.06. The quantitative estimate of drug-likeness (QED) is 0.718. The van der Waals surface area contributed by atoms with E-state index in [-0.39, 0.29) is 5.78 Å². The molecule has 0 aliphatic carbocycles. The molecule has 1 heterocycles. The first-order valence-electron chi connectivity index (χ1n) is 5.77. The highest BCUT2D eigenvalue weighted by Crippen LogP contribution is 2.25. The minimum atomic E-state index is 0.136. The molecule has 2 rings (SSSR count). The Morgan fingerprint density at radius 3 is 2.18 bits per heavy atom. The molecule has 0 bridgehead atoms. The monoisotopic (exact) mass is 227 g/mol. The summed E-state index contributed by atoms with van der Waals surface area (Å²) in [6.07, 6.45) is 4.00. The summed E-state index contributed by atoms with van der Waals surface area (Å²) in [5, 5.41) is 0. The lowest BCUT2D eigenvalue weighted by atomic mass is 9.94. The maximum Gasteiger partial charge on any atom is 0.160 e. The molecule has 0 amide bonds. The first kappa shape index (κ1) is 11.6. The van der Waals surface area contributed by atoms with Crippen LogP contribution in [0.25, 0.3) is 5.69 Å². The Labute approximate surface area is 102 Å². The molecule has 2 nitrogen and oxygen atoms in total. The van der Waals surface area contributed by atoms with Crippen molar-refractivity contribution in [2.75, 3.05) is 0 Å². The second-order valence-corrected chi connectivity index (χ2v) is 4.48. The van der Waals surface area contributed by atoms with Crippen molar-refractivity contribution in [1.29, 1.82) is 0 Å². The molecule has 0 aliphatic heterocycles. The van der Waals surface area contributed by atoms with Gasteiger partial charge in [0.15, 0.2) is 5.78 Å². The van der Waals surface area contributed by atoms with Crippen molar-refractivity contribution in [3.05, 3.63) is 52.8 Å². The number of rotatable bonds is 2. The van der Waals surface area contributed by atoms with E-state index in [0.717, 1.165) is 27.9 Å². The van der Waals surface area contributed by atoms with Crippen molar-refractivity contribution < 1.29 is 4.79 Å². The number of ketones is 1. The van der Waals surface area contributed by atoms with Crippen LogP contribution in [0.2, 0.25) is 0 Å². The van der Waals surface area contributed by atoms with Gasteiger partial charge in [-0.25, -0.2) is 0 Å². The van der Waals surface area contributed by atoms with Crippen LogP contribution < -0.4 is 0 Å². The second-order valence-electron chi connectivity index (χ2n) is 4.48. The molecule has 2 heteroatoms. The highest BCUT2D eigenvalue weighted by molar-refractivity contribution is 5.98. The van der Waals surface area contributed by atoms with Crippen LogP contribution >= 0.6 is 0 Å². The predicted molar refractivity (Wildman–Crippen MR) is 70.0 cm³/mol. The Morgan fingerprint density at radius 1 is 1.06 bits per heavy atom. The fourth-order valence-electron chi connectivity index (χ4n) is 2.32. The fraction of sp³-hybridized carbons (Fsp3) is 0.267. The molecule has 0 saturated heterocycles. The fourth-order valence-corrected chi connectivity index (χ4v) is 2.32. The molecule has 0 spiro atoms. The topological polar surface area (TPSA) is 22.0 Å². The van der Waals surface area contributed by atoms with Crippen LogP contribution in [0, 0.1) is 20.8 Å². The van der Waals surface area contributed by atoms with Gasteiger partial charge in [0.2, 0.25) is 0 Å². The van der Waals surface area contributed by atoms with E-state index in [4.69, 9.17) is 0 Å². The van der Waals surface area contributed by atoms with Gasteiger partial charge in [-0.05, 0) is 62.6 Å². The molecule has 0 unspecified atom stereocenters. The Morgan fingerprint density at radius 2 is 1.65 bits per heavy atom. The Bertz CT molecular complexity index is 565. The van der Waals surface area contributed by atoms with Gasteiger partial charge in [0.1, 0.15) is 0 Å².